The summed E-state index contributed by atoms with van der Waals surface area (Å²) in [5.74, 6) is -2.39. The monoisotopic (exact) mass is 650 g/mol. The number of anilines is 2. The van der Waals surface area contributed by atoms with Gasteiger partial charge in [0.1, 0.15) is 22.2 Å². The number of methoxy groups -OCH3 is 2. The second-order valence-corrected chi connectivity index (χ2v) is 12.5. The minimum absolute atomic E-state index is 0.0242. The van der Waals surface area contributed by atoms with Crippen molar-refractivity contribution >= 4 is 49.7 Å². The fourth-order valence-electron chi connectivity index (χ4n) is 4.61. The van der Waals surface area contributed by atoms with Crippen LogP contribution in [0.3, 0.4) is 0 Å². The zero-order valence-electron chi connectivity index (χ0n) is 22.4. The molecule has 2 aromatic carbocycles. The van der Waals surface area contributed by atoms with Crippen LogP contribution in [0.4, 0.5) is 28.4 Å². The number of ether oxygens (including phenoxy) is 2. The average Bonchev–Trinajstić information content (AvgIpc) is 3.48. The van der Waals surface area contributed by atoms with Crippen LogP contribution in [-0.4, -0.2) is 51.8 Å². The molecule has 3 aromatic rings. The Morgan fingerprint density at radius 2 is 1.86 bits per heavy atom. The first kappa shape index (κ1) is 31.6. The third-order valence-electron chi connectivity index (χ3n) is 6.71. The van der Waals surface area contributed by atoms with Crippen LogP contribution in [0.5, 0.6) is 11.5 Å². The van der Waals surface area contributed by atoms with Gasteiger partial charge in [-0.05, 0) is 37.1 Å². The molecule has 1 fully saturated rings. The molecule has 0 saturated heterocycles. The number of rotatable bonds is 10. The third-order valence-corrected chi connectivity index (χ3v) is 9.68. The van der Waals surface area contributed by atoms with E-state index in [9.17, 15) is 26.4 Å². The lowest BCUT2D eigenvalue weighted by molar-refractivity contribution is -0.174. The predicted molar refractivity (Wildman–Crippen MR) is 150 cm³/mol. The van der Waals surface area contributed by atoms with Crippen LogP contribution in [0.1, 0.15) is 31.2 Å². The van der Waals surface area contributed by atoms with E-state index >= 15 is 4.39 Å². The van der Waals surface area contributed by atoms with Gasteiger partial charge in [-0.1, -0.05) is 24.4 Å². The number of thiazole rings is 1. The van der Waals surface area contributed by atoms with Gasteiger partial charge in [-0.15, -0.1) is 11.3 Å². The molecule has 0 radical (unpaired) electrons. The van der Waals surface area contributed by atoms with E-state index in [-0.39, 0.29) is 28.8 Å². The van der Waals surface area contributed by atoms with E-state index in [4.69, 9.17) is 21.1 Å². The zero-order chi connectivity index (χ0) is 30.7. The van der Waals surface area contributed by atoms with E-state index in [1.165, 1.54) is 20.4 Å². The maximum atomic E-state index is 15.5. The van der Waals surface area contributed by atoms with Crippen molar-refractivity contribution in [1.82, 2.24) is 10.3 Å². The number of alkyl halides is 3. The summed E-state index contributed by atoms with van der Waals surface area (Å²) < 4.78 is 93.3. The number of hydrogen-bond donors (Lipinski definition) is 2. The van der Waals surface area contributed by atoms with Crippen molar-refractivity contribution in [2.24, 2.45) is 0 Å². The Morgan fingerprint density at radius 3 is 2.48 bits per heavy atom. The minimum Gasteiger partial charge on any atom is -0.497 e. The molecule has 1 aliphatic rings. The van der Waals surface area contributed by atoms with Gasteiger partial charge < -0.3 is 20.1 Å². The Balaban J connectivity index is 1.64. The molecule has 16 heteroatoms. The Bertz CT molecular complexity index is 1520. The summed E-state index contributed by atoms with van der Waals surface area (Å²) in [5.41, 5.74) is 0.426. The van der Waals surface area contributed by atoms with Crippen LogP contribution in [0, 0.1) is 5.82 Å². The van der Waals surface area contributed by atoms with E-state index in [0.29, 0.717) is 36.3 Å². The number of nitrogens with one attached hydrogen (secondary N) is 2. The molecular weight excluding hydrogens is 624 g/mol. The molecule has 2 atom stereocenters. The first-order valence-electron chi connectivity index (χ1n) is 12.6. The summed E-state index contributed by atoms with van der Waals surface area (Å²) >= 11 is 7.42. The van der Waals surface area contributed by atoms with Gasteiger partial charge in [0.05, 0.1) is 31.5 Å². The summed E-state index contributed by atoms with van der Waals surface area (Å²) in [6.07, 6.45) is -1.76. The number of carbonyl (C=O) groups excluding carboxylic acids is 1. The number of halogens is 5. The standard InChI is InChI=1S/C26H27ClF4N4O5S2/c1-39-16-8-7-15(22(11-16)40-2)14-35(25-32-9-10-41-25)42(37,38)23-12-17(27)21(13-18(23)28)33-19-5-3-4-6-20(19)34-24(36)26(29,30)31/h7-13,19-20,33H,3-6,14H2,1-2H3,(H,34,36)/t19?,20-/m0/s1. The number of amides is 1. The number of sulfonamides is 1. The molecule has 42 heavy (non-hydrogen) atoms. The maximum absolute atomic E-state index is 15.5. The Morgan fingerprint density at radius 1 is 1.14 bits per heavy atom. The molecule has 9 nitrogen and oxygen atoms in total. The maximum Gasteiger partial charge on any atom is 0.471 e. The lowest BCUT2D eigenvalue weighted by Crippen LogP contribution is -2.52. The SMILES string of the molecule is COc1ccc(CN(c2nccs2)S(=O)(=O)c2cc(Cl)c(NC3CCCC[C@@H]3NC(=O)C(F)(F)F)cc2F)c(OC)c1. The van der Waals surface area contributed by atoms with Crippen LogP contribution in [0.15, 0.2) is 46.8 Å². The van der Waals surface area contributed by atoms with E-state index in [1.807, 2.05) is 5.32 Å². The molecular formula is C26H27ClF4N4O5S2. The highest BCUT2D eigenvalue weighted by Crippen LogP contribution is 2.36. The Hall–Kier alpha value is -3.30. The molecule has 4 rings (SSSR count). The van der Waals surface area contributed by atoms with Crippen LogP contribution < -0.4 is 24.4 Å². The van der Waals surface area contributed by atoms with Gasteiger partial charge in [0.25, 0.3) is 10.0 Å². The van der Waals surface area contributed by atoms with Crippen LogP contribution in [-0.2, 0) is 21.4 Å². The normalized spacial score (nSPS) is 17.4. The predicted octanol–water partition coefficient (Wildman–Crippen LogP) is 5.75. The molecule has 1 aliphatic carbocycles. The molecule has 1 unspecified atom stereocenters. The van der Waals surface area contributed by atoms with Gasteiger partial charge in [0.15, 0.2) is 5.13 Å². The van der Waals surface area contributed by atoms with Crippen molar-refractivity contribution < 1.29 is 40.2 Å². The smallest absolute Gasteiger partial charge is 0.471 e. The minimum atomic E-state index is -5.05. The first-order valence-corrected chi connectivity index (χ1v) is 15.3. The van der Waals surface area contributed by atoms with E-state index in [1.54, 1.807) is 23.6 Å². The molecule has 1 amide bonds. The van der Waals surface area contributed by atoms with E-state index in [2.05, 4.69) is 10.3 Å². The summed E-state index contributed by atoms with van der Waals surface area (Å²) in [7, 11) is -1.70. The largest absolute Gasteiger partial charge is 0.497 e. The van der Waals surface area contributed by atoms with Gasteiger partial charge in [0, 0.05) is 35.3 Å². The fourth-order valence-corrected chi connectivity index (χ4v) is 7.24. The summed E-state index contributed by atoms with van der Waals surface area (Å²) in [6, 6.07) is 5.04. The van der Waals surface area contributed by atoms with Crippen molar-refractivity contribution in [2.75, 3.05) is 23.8 Å². The molecule has 1 aromatic heterocycles. The Kier molecular flexibility index (Phi) is 9.73. The highest BCUT2D eigenvalue weighted by molar-refractivity contribution is 7.93. The van der Waals surface area contributed by atoms with E-state index < -0.39 is 44.9 Å². The highest BCUT2D eigenvalue weighted by atomic mass is 35.5. The Labute approximate surface area is 248 Å². The topological polar surface area (TPSA) is 110 Å². The molecule has 228 valence electrons. The molecule has 2 N–H and O–H groups in total. The van der Waals surface area contributed by atoms with Crippen molar-refractivity contribution in [3.63, 3.8) is 0 Å². The van der Waals surface area contributed by atoms with Gasteiger partial charge in [0.2, 0.25) is 0 Å². The quantitative estimate of drug-likeness (QED) is 0.269. The van der Waals surface area contributed by atoms with Crippen LogP contribution in [0.25, 0.3) is 0 Å². The summed E-state index contributed by atoms with van der Waals surface area (Å²) in [6.45, 7) is -0.261. The molecule has 0 spiro atoms. The second kappa shape index (κ2) is 12.9. The first-order chi connectivity index (χ1) is 19.8. The third kappa shape index (κ3) is 7.01. The van der Waals surface area contributed by atoms with Crippen molar-refractivity contribution in [3.05, 3.63) is 58.3 Å². The summed E-state index contributed by atoms with van der Waals surface area (Å²) in [4.78, 5) is 14.9. The number of nitrogens with zero attached hydrogens (tertiary/aromatic N) is 2. The van der Waals surface area contributed by atoms with Gasteiger partial charge in [-0.25, -0.2) is 22.1 Å². The molecule has 1 heterocycles. The van der Waals surface area contributed by atoms with Gasteiger partial charge in [-0.3, -0.25) is 4.79 Å². The van der Waals surface area contributed by atoms with E-state index in [0.717, 1.165) is 27.8 Å². The second-order valence-electron chi connectivity index (χ2n) is 9.38. The lowest BCUT2D eigenvalue weighted by atomic mass is 9.90. The average molecular weight is 651 g/mol. The van der Waals surface area contributed by atoms with Crippen LogP contribution in [0.2, 0.25) is 5.02 Å². The number of benzene rings is 2. The van der Waals surface area contributed by atoms with Crippen molar-refractivity contribution in [1.29, 1.82) is 0 Å². The number of carbonyl (C=O) groups is 1. The van der Waals surface area contributed by atoms with Gasteiger partial charge in [-0.2, -0.15) is 13.2 Å². The molecule has 1 saturated carbocycles. The van der Waals surface area contributed by atoms with Crippen LogP contribution >= 0.6 is 22.9 Å². The fraction of sp³-hybridized carbons (Fsp3) is 0.385. The molecule has 0 aliphatic heterocycles. The number of hydrogen-bond acceptors (Lipinski definition) is 8. The summed E-state index contributed by atoms with van der Waals surface area (Å²) in [5, 5.41) is 6.33. The van der Waals surface area contributed by atoms with Crippen molar-refractivity contribution in [2.45, 2.75) is 55.4 Å². The van der Waals surface area contributed by atoms with Crippen molar-refractivity contribution in [3.8, 4) is 11.5 Å². The lowest BCUT2D eigenvalue weighted by Gasteiger charge is -2.34. The van der Waals surface area contributed by atoms with Gasteiger partial charge >= 0.3 is 12.1 Å². The molecule has 0 bridgehead atoms. The number of aromatic nitrogens is 1. The zero-order valence-corrected chi connectivity index (χ0v) is 24.8. The highest BCUT2D eigenvalue weighted by Gasteiger charge is 2.41.